The maximum Gasteiger partial charge on any atom is 0.273 e. The molecule has 0 saturated heterocycles. The zero-order valence-electron chi connectivity index (χ0n) is 12.9. The van der Waals surface area contributed by atoms with E-state index in [4.69, 9.17) is 0 Å². The highest BCUT2D eigenvalue weighted by molar-refractivity contribution is 7.09. The van der Waals surface area contributed by atoms with Gasteiger partial charge in [0, 0.05) is 6.54 Å². The van der Waals surface area contributed by atoms with Crippen molar-refractivity contribution in [1.29, 1.82) is 0 Å². The molecular formula is C16H21N3O2S. The molecule has 0 aliphatic heterocycles. The molecular weight excluding hydrogens is 298 g/mol. The number of rotatable bonds is 7. The van der Waals surface area contributed by atoms with Gasteiger partial charge in [0.05, 0.1) is 4.88 Å². The Bertz CT molecular complexity index is 608. The summed E-state index contributed by atoms with van der Waals surface area (Å²) in [7, 11) is 0. The smallest absolute Gasteiger partial charge is 0.273 e. The lowest BCUT2D eigenvalue weighted by atomic mass is 10.1. The Labute approximate surface area is 134 Å². The molecule has 0 aliphatic rings. The highest BCUT2D eigenvalue weighted by atomic mass is 32.1. The maximum absolute atomic E-state index is 12.2. The first-order valence-corrected chi connectivity index (χ1v) is 8.25. The molecule has 2 aromatic rings. The van der Waals surface area contributed by atoms with Gasteiger partial charge in [-0.3, -0.25) is 4.79 Å². The Morgan fingerprint density at radius 3 is 2.68 bits per heavy atom. The van der Waals surface area contributed by atoms with Gasteiger partial charge < -0.3 is 10.4 Å². The van der Waals surface area contributed by atoms with Crippen LogP contribution < -0.4 is 5.32 Å². The van der Waals surface area contributed by atoms with E-state index in [-0.39, 0.29) is 11.7 Å². The Balaban J connectivity index is 1.94. The van der Waals surface area contributed by atoms with Crippen LogP contribution in [0.4, 0.5) is 0 Å². The fourth-order valence-corrected chi connectivity index (χ4v) is 2.77. The molecule has 1 aromatic heterocycles. The minimum absolute atomic E-state index is 0.192. The quantitative estimate of drug-likeness (QED) is 0.766. The molecule has 0 radical (unpaired) electrons. The number of nitrogens with one attached hydrogen (secondary N) is 1. The Kier molecular flexibility index (Phi) is 5.89. The average Bonchev–Trinajstić information content (AvgIpc) is 2.96. The number of amides is 1. The van der Waals surface area contributed by atoms with Gasteiger partial charge in [-0.1, -0.05) is 31.2 Å². The molecule has 6 heteroatoms. The second kappa shape index (κ2) is 7.89. The number of phenolic OH excluding ortho intramolecular Hbond substituents is 1. The van der Waals surface area contributed by atoms with Crippen LogP contribution >= 0.6 is 11.5 Å². The monoisotopic (exact) mass is 319 g/mol. The lowest BCUT2D eigenvalue weighted by Gasteiger charge is -2.06. The van der Waals surface area contributed by atoms with E-state index in [0.29, 0.717) is 18.2 Å². The summed E-state index contributed by atoms with van der Waals surface area (Å²) in [6.45, 7) is 5.05. The molecule has 5 nitrogen and oxygen atoms in total. The van der Waals surface area contributed by atoms with E-state index >= 15 is 0 Å². The summed E-state index contributed by atoms with van der Waals surface area (Å²) in [6.07, 6.45) is 3.25. The van der Waals surface area contributed by atoms with Crippen LogP contribution in [0.15, 0.2) is 24.3 Å². The average molecular weight is 319 g/mol. The molecule has 0 saturated carbocycles. The van der Waals surface area contributed by atoms with Crippen LogP contribution in [0.3, 0.4) is 0 Å². The Hall–Kier alpha value is -1.95. The van der Waals surface area contributed by atoms with Crippen LogP contribution in [0.5, 0.6) is 5.75 Å². The summed E-state index contributed by atoms with van der Waals surface area (Å²) in [5, 5.41) is 16.2. The van der Waals surface area contributed by atoms with Crippen LogP contribution in [0, 0.1) is 5.92 Å². The highest BCUT2D eigenvalue weighted by Gasteiger charge is 2.17. The van der Waals surface area contributed by atoms with Crippen molar-refractivity contribution in [3.05, 3.63) is 30.0 Å². The first-order valence-electron chi connectivity index (χ1n) is 7.48. The van der Waals surface area contributed by atoms with Crippen LogP contribution in [-0.2, 0) is 0 Å². The van der Waals surface area contributed by atoms with E-state index in [1.54, 1.807) is 24.3 Å². The summed E-state index contributed by atoms with van der Waals surface area (Å²) in [5.74, 6) is 0.693. The minimum Gasteiger partial charge on any atom is -0.508 e. The molecule has 1 aromatic carbocycles. The molecule has 0 unspecified atom stereocenters. The van der Waals surface area contributed by atoms with Crippen molar-refractivity contribution in [2.45, 2.75) is 33.1 Å². The Morgan fingerprint density at radius 1 is 1.27 bits per heavy atom. The number of hydrogen-bond acceptors (Lipinski definition) is 5. The van der Waals surface area contributed by atoms with Gasteiger partial charge in [-0.2, -0.15) is 0 Å². The number of aromatic hydroxyl groups is 1. The van der Waals surface area contributed by atoms with Gasteiger partial charge in [0.15, 0.2) is 5.69 Å². The third-order valence-corrected chi connectivity index (χ3v) is 4.10. The van der Waals surface area contributed by atoms with Gasteiger partial charge in [-0.15, -0.1) is 5.10 Å². The summed E-state index contributed by atoms with van der Waals surface area (Å²) in [5.41, 5.74) is 1.18. The number of carbonyl (C=O) groups excluding carboxylic acids is 1. The molecule has 22 heavy (non-hydrogen) atoms. The number of nitrogens with zero attached hydrogens (tertiary/aromatic N) is 2. The molecule has 2 rings (SSSR count). The predicted octanol–water partition coefficient (Wildman–Crippen LogP) is 3.47. The lowest BCUT2D eigenvalue weighted by molar-refractivity contribution is 0.0948. The molecule has 0 aliphatic carbocycles. The van der Waals surface area contributed by atoms with Gasteiger partial charge in [0.25, 0.3) is 5.91 Å². The normalized spacial score (nSPS) is 10.9. The predicted molar refractivity (Wildman–Crippen MR) is 88.0 cm³/mol. The fourth-order valence-electron chi connectivity index (χ4n) is 2.10. The summed E-state index contributed by atoms with van der Waals surface area (Å²) in [4.78, 5) is 12.9. The van der Waals surface area contributed by atoms with Crippen molar-refractivity contribution < 1.29 is 9.90 Å². The second-order valence-electron chi connectivity index (χ2n) is 5.64. The largest absolute Gasteiger partial charge is 0.508 e. The number of hydrogen-bond donors (Lipinski definition) is 2. The van der Waals surface area contributed by atoms with E-state index in [1.165, 1.54) is 18.0 Å². The van der Waals surface area contributed by atoms with E-state index in [2.05, 4.69) is 28.8 Å². The molecule has 0 fully saturated rings. The molecule has 2 N–H and O–H groups in total. The molecule has 0 spiro atoms. The first kappa shape index (κ1) is 16.4. The van der Waals surface area contributed by atoms with Gasteiger partial charge in [-0.25, -0.2) is 0 Å². The number of unbranched alkanes of at least 4 members (excludes halogenated alkanes) is 1. The van der Waals surface area contributed by atoms with Crippen LogP contribution in [-0.4, -0.2) is 27.1 Å². The SMILES string of the molecule is CC(C)CCCCNC(=O)c1nnsc1-c1ccc(O)cc1. The van der Waals surface area contributed by atoms with Gasteiger partial charge >= 0.3 is 0 Å². The lowest BCUT2D eigenvalue weighted by Crippen LogP contribution is -2.25. The highest BCUT2D eigenvalue weighted by Crippen LogP contribution is 2.27. The van der Waals surface area contributed by atoms with Crippen molar-refractivity contribution in [3.63, 3.8) is 0 Å². The second-order valence-corrected chi connectivity index (χ2v) is 6.40. The molecule has 0 atom stereocenters. The molecule has 118 valence electrons. The number of aromatic nitrogens is 2. The third-order valence-electron chi connectivity index (χ3n) is 3.33. The maximum atomic E-state index is 12.2. The van der Waals surface area contributed by atoms with Gasteiger partial charge in [0.1, 0.15) is 5.75 Å². The van der Waals surface area contributed by atoms with Crippen molar-refractivity contribution >= 4 is 17.4 Å². The van der Waals surface area contributed by atoms with E-state index < -0.39 is 0 Å². The summed E-state index contributed by atoms with van der Waals surface area (Å²) >= 11 is 1.18. The van der Waals surface area contributed by atoms with E-state index in [9.17, 15) is 9.90 Å². The summed E-state index contributed by atoms with van der Waals surface area (Å²) < 4.78 is 3.88. The topological polar surface area (TPSA) is 75.1 Å². The first-order chi connectivity index (χ1) is 10.6. The van der Waals surface area contributed by atoms with Crippen molar-refractivity contribution in [2.75, 3.05) is 6.54 Å². The molecule has 1 heterocycles. The summed E-state index contributed by atoms with van der Waals surface area (Å²) in [6, 6.07) is 6.68. The van der Waals surface area contributed by atoms with E-state index in [1.807, 2.05) is 0 Å². The zero-order valence-corrected chi connectivity index (χ0v) is 13.7. The number of carbonyl (C=O) groups is 1. The van der Waals surface area contributed by atoms with Crippen LogP contribution in [0.1, 0.15) is 43.6 Å². The van der Waals surface area contributed by atoms with Gasteiger partial charge in [-0.05, 0) is 53.7 Å². The van der Waals surface area contributed by atoms with Crippen molar-refractivity contribution in [1.82, 2.24) is 14.9 Å². The van der Waals surface area contributed by atoms with Crippen LogP contribution in [0.25, 0.3) is 10.4 Å². The van der Waals surface area contributed by atoms with Crippen LogP contribution in [0.2, 0.25) is 0 Å². The molecule has 1 amide bonds. The van der Waals surface area contributed by atoms with Gasteiger partial charge in [0.2, 0.25) is 0 Å². The number of benzene rings is 1. The number of phenols is 1. The Morgan fingerprint density at radius 2 is 2.00 bits per heavy atom. The van der Waals surface area contributed by atoms with Crippen molar-refractivity contribution in [3.8, 4) is 16.2 Å². The minimum atomic E-state index is -0.193. The third kappa shape index (κ3) is 4.53. The molecule has 0 bridgehead atoms. The zero-order chi connectivity index (χ0) is 15.9. The van der Waals surface area contributed by atoms with E-state index in [0.717, 1.165) is 23.3 Å². The standard InChI is InChI=1S/C16H21N3O2S/c1-11(2)5-3-4-10-17-16(21)14-15(22-19-18-14)12-6-8-13(20)9-7-12/h6-9,11,20H,3-5,10H2,1-2H3,(H,17,21). The fraction of sp³-hybridized carbons (Fsp3) is 0.438. The van der Waals surface area contributed by atoms with Crippen molar-refractivity contribution in [2.24, 2.45) is 5.92 Å².